The van der Waals surface area contributed by atoms with Crippen molar-refractivity contribution in [2.75, 3.05) is 7.11 Å². The van der Waals surface area contributed by atoms with Gasteiger partial charge in [-0.25, -0.2) is 9.78 Å². The lowest BCUT2D eigenvalue weighted by atomic mass is 10.2. The molecule has 1 aromatic heterocycles. The Morgan fingerprint density at radius 3 is 2.61 bits per heavy atom. The van der Waals surface area contributed by atoms with E-state index < -0.39 is 5.97 Å². The molecular weight excluding hydrogens is 465 g/mol. The molecular formula is C24H17Cl2N3O4. The van der Waals surface area contributed by atoms with Crippen LogP contribution in [0.25, 0.3) is 10.9 Å². The number of carbonyl (C=O) groups excluding carboxylic acids is 1. The van der Waals surface area contributed by atoms with E-state index in [0.717, 1.165) is 0 Å². The summed E-state index contributed by atoms with van der Waals surface area (Å²) in [7, 11) is 1.45. The fourth-order valence-corrected chi connectivity index (χ4v) is 3.64. The number of hydrogen-bond acceptors (Lipinski definition) is 6. The summed E-state index contributed by atoms with van der Waals surface area (Å²) in [5.74, 6) is 0.303. The Hall–Kier alpha value is -3.68. The number of hydrogen-bond donors (Lipinski definition) is 0. The molecule has 4 aromatic rings. The molecule has 0 atom stereocenters. The Morgan fingerprint density at radius 2 is 1.85 bits per heavy atom. The number of para-hydroxylation sites is 1. The van der Waals surface area contributed by atoms with Crippen LogP contribution in [0.2, 0.25) is 10.0 Å². The van der Waals surface area contributed by atoms with Crippen molar-refractivity contribution < 1.29 is 14.3 Å². The molecule has 0 bridgehead atoms. The predicted molar refractivity (Wildman–Crippen MR) is 128 cm³/mol. The van der Waals surface area contributed by atoms with Gasteiger partial charge in [-0.05, 0) is 61.0 Å². The van der Waals surface area contributed by atoms with E-state index in [1.807, 2.05) is 6.07 Å². The topological polar surface area (TPSA) is 82.8 Å². The van der Waals surface area contributed by atoms with Crippen LogP contribution >= 0.6 is 23.2 Å². The van der Waals surface area contributed by atoms with Crippen molar-refractivity contribution in [1.82, 2.24) is 9.66 Å². The summed E-state index contributed by atoms with van der Waals surface area (Å²) in [6.07, 6.45) is 1.50. The van der Waals surface area contributed by atoms with Crippen LogP contribution in [0.3, 0.4) is 0 Å². The van der Waals surface area contributed by atoms with E-state index in [-0.39, 0.29) is 21.9 Å². The van der Waals surface area contributed by atoms with Gasteiger partial charge in [0.15, 0.2) is 11.5 Å². The molecule has 0 unspecified atom stereocenters. The van der Waals surface area contributed by atoms with Crippen LogP contribution in [0.5, 0.6) is 11.5 Å². The van der Waals surface area contributed by atoms with Gasteiger partial charge in [-0.3, -0.25) is 4.79 Å². The normalized spacial score (nSPS) is 11.2. The Labute approximate surface area is 198 Å². The monoisotopic (exact) mass is 481 g/mol. The maximum atomic E-state index is 12.8. The van der Waals surface area contributed by atoms with Gasteiger partial charge in [0.25, 0.3) is 5.56 Å². The summed E-state index contributed by atoms with van der Waals surface area (Å²) in [5, 5.41) is 5.35. The zero-order valence-electron chi connectivity index (χ0n) is 17.6. The number of ether oxygens (including phenoxy) is 2. The van der Waals surface area contributed by atoms with Crippen molar-refractivity contribution in [3.8, 4) is 11.5 Å². The molecule has 0 aliphatic heterocycles. The highest BCUT2D eigenvalue weighted by Crippen LogP contribution is 2.30. The molecule has 4 rings (SSSR count). The third-order valence-electron chi connectivity index (χ3n) is 4.78. The number of aromatic nitrogens is 2. The second-order valence-corrected chi connectivity index (χ2v) is 7.81. The quantitative estimate of drug-likeness (QED) is 0.224. The van der Waals surface area contributed by atoms with Gasteiger partial charge < -0.3 is 9.47 Å². The Morgan fingerprint density at radius 1 is 1.06 bits per heavy atom. The van der Waals surface area contributed by atoms with E-state index in [4.69, 9.17) is 32.7 Å². The SMILES string of the molecule is COc1cc(C=Nn2c(C)nc3ccccc3c2=O)ccc1OC(=O)c1ccc(Cl)cc1Cl. The van der Waals surface area contributed by atoms with Crippen molar-refractivity contribution in [2.24, 2.45) is 5.10 Å². The number of esters is 1. The average Bonchev–Trinajstić information content (AvgIpc) is 2.79. The van der Waals surface area contributed by atoms with Crippen LogP contribution in [0, 0.1) is 6.92 Å². The van der Waals surface area contributed by atoms with Gasteiger partial charge in [-0.1, -0.05) is 35.3 Å². The minimum atomic E-state index is -0.652. The highest BCUT2D eigenvalue weighted by atomic mass is 35.5. The summed E-state index contributed by atoms with van der Waals surface area (Å²) in [6.45, 7) is 1.70. The standard InChI is InChI=1S/C24H17Cl2N3O4/c1-14-28-20-6-4-3-5-18(20)23(30)29(14)27-13-15-7-10-21(22(11-15)32-2)33-24(31)17-9-8-16(25)12-19(17)26/h3-13H,1-2H3. The number of fused-ring (bicyclic) bond motifs is 1. The van der Waals surface area contributed by atoms with Crippen LogP contribution in [-0.4, -0.2) is 29.0 Å². The molecule has 0 aliphatic rings. The van der Waals surface area contributed by atoms with Gasteiger partial charge in [0.2, 0.25) is 0 Å². The molecule has 0 amide bonds. The van der Waals surface area contributed by atoms with E-state index in [1.54, 1.807) is 49.4 Å². The van der Waals surface area contributed by atoms with E-state index >= 15 is 0 Å². The van der Waals surface area contributed by atoms with Crippen molar-refractivity contribution in [2.45, 2.75) is 6.92 Å². The molecule has 7 nitrogen and oxygen atoms in total. The average molecular weight is 482 g/mol. The van der Waals surface area contributed by atoms with E-state index in [1.165, 1.54) is 30.1 Å². The lowest BCUT2D eigenvalue weighted by Gasteiger charge is -2.11. The lowest BCUT2D eigenvalue weighted by Crippen LogP contribution is -2.20. The van der Waals surface area contributed by atoms with Crippen LogP contribution in [-0.2, 0) is 0 Å². The number of halogens is 2. The first-order chi connectivity index (χ1) is 15.9. The second kappa shape index (κ2) is 9.44. The molecule has 9 heteroatoms. The first-order valence-electron chi connectivity index (χ1n) is 9.75. The van der Waals surface area contributed by atoms with Gasteiger partial charge >= 0.3 is 5.97 Å². The lowest BCUT2D eigenvalue weighted by molar-refractivity contribution is 0.0730. The molecule has 166 valence electrons. The zero-order chi connectivity index (χ0) is 23.5. The van der Waals surface area contributed by atoms with Gasteiger partial charge in [-0.15, -0.1) is 0 Å². The Balaban J connectivity index is 1.61. The first kappa shape index (κ1) is 22.5. The molecule has 0 N–H and O–H groups in total. The summed E-state index contributed by atoms with van der Waals surface area (Å²) < 4.78 is 12.0. The maximum absolute atomic E-state index is 12.8. The summed E-state index contributed by atoms with van der Waals surface area (Å²) in [6, 6.07) is 16.4. The van der Waals surface area contributed by atoms with Crippen molar-refractivity contribution in [1.29, 1.82) is 0 Å². The van der Waals surface area contributed by atoms with Crippen molar-refractivity contribution >= 4 is 46.3 Å². The number of rotatable bonds is 5. The molecule has 0 saturated heterocycles. The molecule has 0 fully saturated rings. The van der Waals surface area contributed by atoms with Gasteiger partial charge in [-0.2, -0.15) is 9.78 Å². The van der Waals surface area contributed by atoms with Crippen LogP contribution in [0.1, 0.15) is 21.7 Å². The van der Waals surface area contributed by atoms with E-state index in [9.17, 15) is 9.59 Å². The number of benzene rings is 3. The molecule has 1 heterocycles. The molecule has 3 aromatic carbocycles. The summed E-state index contributed by atoms with van der Waals surface area (Å²) in [4.78, 5) is 29.7. The Kier molecular flexibility index (Phi) is 6.44. The van der Waals surface area contributed by atoms with Gasteiger partial charge in [0, 0.05) is 5.02 Å². The number of aryl methyl sites for hydroxylation is 1. The van der Waals surface area contributed by atoms with Crippen molar-refractivity contribution in [3.05, 3.63) is 98.0 Å². The maximum Gasteiger partial charge on any atom is 0.345 e. The van der Waals surface area contributed by atoms with Gasteiger partial charge in [0.1, 0.15) is 5.82 Å². The zero-order valence-corrected chi connectivity index (χ0v) is 19.1. The third-order valence-corrected chi connectivity index (χ3v) is 5.33. The van der Waals surface area contributed by atoms with Gasteiger partial charge in [0.05, 0.1) is 34.8 Å². The molecule has 0 spiro atoms. The van der Waals surface area contributed by atoms with Crippen LogP contribution in [0.15, 0.2) is 70.6 Å². The fourth-order valence-electron chi connectivity index (χ4n) is 3.15. The summed E-state index contributed by atoms with van der Waals surface area (Å²) in [5.41, 5.74) is 1.13. The number of methoxy groups -OCH3 is 1. The second-order valence-electron chi connectivity index (χ2n) is 6.96. The largest absolute Gasteiger partial charge is 0.493 e. The highest BCUT2D eigenvalue weighted by molar-refractivity contribution is 6.36. The number of carbonyl (C=O) groups is 1. The Bertz CT molecular complexity index is 1460. The van der Waals surface area contributed by atoms with Crippen LogP contribution in [0.4, 0.5) is 0 Å². The fraction of sp³-hybridized carbons (Fsp3) is 0.0833. The smallest absolute Gasteiger partial charge is 0.345 e. The van der Waals surface area contributed by atoms with Crippen molar-refractivity contribution in [3.63, 3.8) is 0 Å². The first-order valence-corrected chi connectivity index (χ1v) is 10.5. The third kappa shape index (κ3) is 4.74. The molecule has 0 saturated carbocycles. The predicted octanol–water partition coefficient (Wildman–Crippen LogP) is 5.12. The molecule has 33 heavy (non-hydrogen) atoms. The van der Waals surface area contributed by atoms with E-state index in [2.05, 4.69) is 10.1 Å². The summed E-state index contributed by atoms with van der Waals surface area (Å²) >= 11 is 12.0. The minimum absolute atomic E-state index is 0.174. The highest BCUT2D eigenvalue weighted by Gasteiger charge is 2.16. The van der Waals surface area contributed by atoms with Crippen LogP contribution < -0.4 is 15.0 Å². The number of nitrogens with zero attached hydrogens (tertiary/aromatic N) is 3. The minimum Gasteiger partial charge on any atom is -0.493 e. The molecule has 0 aliphatic carbocycles. The molecule has 0 radical (unpaired) electrons. The van der Waals surface area contributed by atoms with E-state index in [0.29, 0.717) is 33.1 Å².